The third-order valence-corrected chi connectivity index (χ3v) is 1.46. The van der Waals surface area contributed by atoms with E-state index in [9.17, 15) is 0 Å². The van der Waals surface area contributed by atoms with E-state index in [0.717, 1.165) is 6.92 Å². The molecule has 5 heteroatoms. The Balaban J connectivity index is 0. The van der Waals surface area contributed by atoms with Crippen molar-refractivity contribution in [3.8, 4) is 0 Å². The lowest BCUT2D eigenvalue weighted by atomic mass is 10.5. The van der Waals surface area contributed by atoms with Gasteiger partial charge in [0, 0.05) is 18.1 Å². The maximum absolute atomic E-state index is 9.00. The van der Waals surface area contributed by atoms with Crippen LogP contribution < -0.4 is 0 Å². The molecule has 0 fully saturated rings. The van der Waals surface area contributed by atoms with Crippen molar-refractivity contribution in [3.63, 3.8) is 0 Å². The topological polar surface area (TPSA) is 57.5 Å². The maximum atomic E-state index is 9.00. The molecule has 1 atom stereocenters. The van der Waals surface area contributed by atoms with Crippen LogP contribution in [-0.2, 0) is 4.79 Å². The van der Waals surface area contributed by atoms with E-state index in [4.69, 9.17) is 26.6 Å². The van der Waals surface area contributed by atoms with Crippen LogP contribution in [0.2, 0.25) is 0 Å². The number of alkyl halides is 2. The summed E-state index contributed by atoms with van der Waals surface area (Å²) in [5, 5.41) is 16.5. The normalized spacial score (nSPS) is 11.2. The van der Waals surface area contributed by atoms with Crippen molar-refractivity contribution in [2.24, 2.45) is 0 Å². The van der Waals surface area contributed by atoms with Gasteiger partial charge in [-0.3, -0.25) is 4.79 Å². The fourth-order valence-corrected chi connectivity index (χ4v) is 0.643. The Hall–Kier alpha value is 0.200. The molecule has 0 aromatic rings. The van der Waals surface area contributed by atoms with Crippen molar-refractivity contribution < 1.29 is 15.0 Å². The van der Waals surface area contributed by atoms with E-state index in [1.54, 1.807) is 0 Å². The van der Waals surface area contributed by atoms with E-state index in [1.807, 2.05) is 0 Å². The van der Waals surface area contributed by atoms with Crippen LogP contribution in [0, 0.1) is 0 Å². The molecule has 0 aliphatic heterocycles. The number of carboxylic acids is 1. The molecule has 2 N–H and O–H groups in total. The summed E-state index contributed by atoms with van der Waals surface area (Å²) in [6.45, 7) is 1.08. The van der Waals surface area contributed by atoms with Gasteiger partial charge in [-0.25, -0.2) is 0 Å². The van der Waals surface area contributed by atoms with Gasteiger partial charge in [0.2, 0.25) is 0 Å². The Morgan fingerprint density at radius 3 is 2.10 bits per heavy atom. The summed E-state index contributed by atoms with van der Waals surface area (Å²) in [5.74, 6) is -0.523. The maximum Gasteiger partial charge on any atom is 0.300 e. The standard InChI is InChI=1S/C3H6BrClO.C2H4O2/c4-1-3(6)2-5;1-2(3)4/h3,6H,1-2H2;1H3,(H,3,4). The summed E-state index contributed by atoms with van der Waals surface area (Å²) in [6, 6.07) is 0. The van der Waals surface area contributed by atoms with Gasteiger partial charge < -0.3 is 10.2 Å². The van der Waals surface area contributed by atoms with Crippen molar-refractivity contribution in [2.75, 3.05) is 11.2 Å². The molecule has 3 nitrogen and oxygen atoms in total. The van der Waals surface area contributed by atoms with Crippen molar-refractivity contribution in [3.05, 3.63) is 0 Å². The molecule has 0 saturated heterocycles. The molecular weight excluding hydrogens is 223 g/mol. The van der Waals surface area contributed by atoms with Gasteiger partial charge >= 0.3 is 0 Å². The Morgan fingerprint density at radius 2 is 2.10 bits per heavy atom. The average Bonchev–Trinajstić information content (AvgIpc) is 1.85. The Kier molecular flexibility index (Phi) is 11.8. The van der Waals surface area contributed by atoms with Gasteiger partial charge in [0.15, 0.2) is 0 Å². The van der Waals surface area contributed by atoms with E-state index in [2.05, 4.69) is 15.9 Å². The largest absolute Gasteiger partial charge is 0.481 e. The third kappa shape index (κ3) is 24.1. The number of carboxylic acid groups (broad SMARTS) is 1. The van der Waals surface area contributed by atoms with Crippen LogP contribution in [0.4, 0.5) is 0 Å². The molecule has 1 unspecified atom stereocenters. The molecule has 0 aliphatic rings. The number of aliphatic hydroxyl groups excluding tert-OH is 1. The quantitative estimate of drug-likeness (QED) is 0.702. The molecule has 0 rings (SSSR count). The first-order valence-electron chi connectivity index (χ1n) is 2.54. The average molecular weight is 233 g/mol. The van der Waals surface area contributed by atoms with E-state index >= 15 is 0 Å². The zero-order chi connectivity index (χ0) is 8.57. The van der Waals surface area contributed by atoms with Gasteiger partial charge in [-0.1, -0.05) is 15.9 Å². The molecule has 62 valence electrons. The van der Waals surface area contributed by atoms with Gasteiger partial charge in [-0.2, -0.15) is 0 Å². The minimum Gasteiger partial charge on any atom is -0.481 e. The molecule has 0 heterocycles. The Morgan fingerprint density at radius 1 is 1.80 bits per heavy atom. The monoisotopic (exact) mass is 232 g/mol. The molecule has 0 saturated carbocycles. The first-order chi connectivity index (χ1) is 4.54. The van der Waals surface area contributed by atoms with E-state index in [0.29, 0.717) is 11.2 Å². The van der Waals surface area contributed by atoms with Gasteiger partial charge in [0.05, 0.1) is 6.10 Å². The van der Waals surface area contributed by atoms with Crippen LogP contribution in [0.15, 0.2) is 0 Å². The van der Waals surface area contributed by atoms with Gasteiger partial charge in [-0.05, 0) is 0 Å². The van der Waals surface area contributed by atoms with Crippen LogP contribution >= 0.6 is 27.5 Å². The Labute approximate surface area is 73.1 Å². The molecule has 0 aromatic heterocycles. The zero-order valence-electron chi connectivity index (χ0n) is 5.55. The number of aliphatic carboxylic acids is 1. The summed E-state index contributed by atoms with van der Waals surface area (Å²) in [7, 11) is 0. The molecule has 0 spiro atoms. The lowest BCUT2D eigenvalue weighted by molar-refractivity contribution is -0.134. The number of hydrogen-bond acceptors (Lipinski definition) is 2. The summed E-state index contributed by atoms with van der Waals surface area (Å²) >= 11 is 8.21. The molecule has 0 aliphatic carbocycles. The second-order valence-electron chi connectivity index (χ2n) is 1.48. The predicted molar refractivity (Wildman–Crippen MR) is 43.8 cm³/mol. The highest BCUT2D eigenvalue weighted by molar-refractivity contribution is 9.09. The van der Waals surface area contributed by atoms with E-state index in [1.165, 1.54) is 0 Å². The number of rotatable bonds is 2. The van der Waals surface area contributed by atoms with Crippen molar-refractivity contribution in [1.29, 1.82) is 0 Å². The van der Waals surface area contributed by atoms with Crippen molar-refractivity contribution in [2.45, 2.75) is 13.0 Å². The first kappa shape index (κ1) is 12.8. The zero-order valence-corrected chi connectivity index (χ0v) is 7.89. The second kappa shape index (κ2) is 9.20. The summed E-state index contributed by atoms with van der Waals surface area (Å²) < 4.78 is 0. The highest BCUT2D eigenvalue weighted by Crippen LogP contribution is 1.90. The van der Waals surface area contributed by atoms with Crippen molar-refractivity contribution >= 4 is 33.5 Å². The molecular formula is C5H10BrClO3. The van der Waals surface area contributed by atoms with Crippen molar-refractivity contribution in [1.82, 2.24) is 0 Å². The molecule has 0 aromatic carbocycles. The molecule has 0 radical (unpaired) electrons. The second-order valence-corrected chi connectivity index (χ2v) is 2.44. The van der Waals surface area contributed by atoms with E-state index in [-0.39, 0.29) is 6.10 Å². The highest BCUT2D eigenvalue weighted by atomic mass is 79.9. The van der Waals surface area contributed by atoms with Crippen LogP contribution in [-0.4, -0.2) is 33.5 Å². The van der Waals surface area contributed by atoms with Gasteiger partial charge in [0.1, 0.15) is 0 Å². The van der Waals surface area contributed by atoms with Gasteiger partial charge in [0.25, 0.3) is 5.97 Å². The smallest absolute Gasteiger partial charge is 0.300 e. The number of aliphatic hydroxyl groups is 1. The number of halogens is 2. The third-order valence-electron chi connectivity index (χ3n) is 0.356. The van der Waals surface area contributed by atoms with Gasteiger partial charge in [-0.15, -0.1) is 11.6 Å². The van der Waals surface area contributed by atoms with Crippen LogP contribution in [0.25, 0.3) is 0 Å². The summed E-state index contributed by atoms with van der Waals surface area (Å²) in [4.78, 5) is 9.00. The predicted octanol–water partition coefficient (Wildman–Crippen LogP) is 1.07. The minimum atomic E-state index is -0.833. The Bertz CT molecular complexity index is 81.0. The minimum absolute atomic E-state index is 0.311. The summed E-state index contributed by atoms with van der Waals surface area (Å²) in [5.41, 5.74) is 0. The molecule has 0 bridgehead atoms. The first-order valence-corrected chi connectivity index (χ1v) is 4.19. The highest BCUT2D eigenvalue weighted by Gasteiger charge is 1.94. The number of carbonyl (C=O) groups is 1. The lowest BCUT2D eigenvalue weighted by Crippen LogP contribution is -2.08. The molecule has 10 heavy (non-hydrogen) atoms. The number of hydrogen-bond donors (Lipinski definition) is 2. The summed E-state index contributed by atoms with van der Waals surface area (Å²) in [6.07, 6.45) is -0.383. The van der Waals surface area contributed by atoms with Crippen LogP contribution in [0.1, 0.15) is 6.92 Å². The SMILES string of the molecule is CC(=O)O.OC(CCl)CBr. The van der Waals surface area contributed by atoms with Crippen LogP contribution in [0.3, 0.4) is 0 Å². The fourth-order valence-electron chi connectivity index (χ4n) is 0.0412. The molecule has 0 amide bonds. The van der Waals surface area contributed by atoms with Crippen LogP contribution in [0.5, 0.6) is 0 Å². The fraction of sp³-hybridized carbons (Fsp3) is 0.800. The lowest BCUT2D eigenvalue weighted by Gasteiger charge is -1.95. The van der Waals surface area contributed by atoms with E-state index < -0.39 is 5.97 Å².